The highest BCUT2D eigenvalue weighted by Crippen LogP contribution is 1.89. The first-order chi connectivity index (χ1) is 5.99. The van der Waals surface area contributed by atoms with Crippen LogP contribution in [0.2, 0.25) is 0 Å². The van der Waals surface area contributed by atoms with E-state index in [-0.39, 0.29) is 6.03 Å². The maximum absolute atomic E-state index is 11.3. The molecular formula is C9H21N3O. The molecule has 0 saturated heterocycles. The van der Waals surface area contributed by atoms with Crippen LogP contribution in [0.15, 0.2) is 0 Å². The molecule has 0 spiro atoms. The fraction of sp³-hybridized carbons (Fsp3) is 0.889. The first-order valence-electron chi connectivity index (χ1n) is 4.64. The average molecular weight is 187 g/mol. The molecule has 2 amide bonds. The minimum atomic E-state index is -0.00352. The molecule has 0 rings (SSSR count). The molecule has 0 heterocycles. The van der Waals surface area contributed by atoms with Crippen LogP contribution >= 0.6 is 0 Å². The zero-order valence-corrected chi connectivity index (χ0v) is 9.29. The average Bonchev–Trinajstić information content (AvgIpc) is 2.11. The molecular weight excluding hydrogens is 166 g/mol. The summed E-state index contributed by atoms with van der Waals surface area (Å²) in [7, 11) is 5.79. The second kappa shape index (κ2) is 5.80. The van der Waals surface area contributed by atoms with Crippen LogP contribution in [0.5, 0.6) is 0 Å². The van der Waals surface area contributed by atoms with Crippen LogP contribution in [0, 0.1) is 0 Å². The number of rotatable bonds is 4. The van der Waals surface area contributed by atoms with Crippen LogP contribution < -0.4 is 5.32 Å². The van der Waals surface area contributed by atoms with E-state index in [1.165, 1.54) is 0 Å². The molecule has 1 N–H and O–H groups in total. The van der Waals surface area contributed by atoms with E-state index in [1.807, 2.05) is 21.0 Å². The molecule has 1 unspecified atom stereocenters. The van der Waals surface area contributed by atoms with Crippen molar-refractivity contribution in [1.29, 1.82) is 0 Å². The minimum Gasteiger partial charge on any atom is -0.336 e. The molecule has 78 valence electrons. The van der Waals surface area contributed by atoms with Gasteiger partial charge in [-0.25, -0.2) is 4.79 Å². The highest BCUT2D eigenvalue weighted by Gasteiger charge is 2.08. The fourth-order valence-electron chi connectivity index (χ4n) is 0.696. The van der Waals surface area contributed by atoms with Crippen molar-refractivity contribution in [3.63, 3.8) is 0 Å². The summed E-state index contributed by atoms with van der Waals surface area (Å²) in [6.07, 6.45) is 0. The molecule has 0 fully saturated rings. The first kappa shape index (κ1) is 12.2. The summed E-state index contributed by atoms with van der Waals surface area (Å²) >= 11 is 0. The normalized spacial score (nSPS) is 12.8. The smallest absolute Gasteiger partial charge is 0.317 e. The molecule has 1 atom stereocenters. The third-order valence-electron chi connectivity index (χ3n) is 2.25. The van der Waals surface area contributed by atoms with Gasteiger partial charge in [-0.1, -0.05) is 0 Å². The highest BCUT2D eigenvalue weighted by atomic mass is 16.2. The van der Waals surface area contributed by atoms with E-state index in [2.05, 4.69) is 17.1 Å². The van der Waals surface area contributed by atoms with Crippen molar-refractivity contribution in [1.82, 2.24) is 15.1 Å². The zero-order valence-electron chi connectivity index (χ0n) is 9.29. The van der Waals surface area contributed by atoms with Gasteiger partial charge in [-0.15, -0.1) is 0 Å². The number of amides is 2. The second-order valence-corrected chi connectivity index (χ2v) is 3.51. The molecule has 0 aliphatic heterocycles. The van der Waals surface area contributed by atoms with Gasteiger partial charge in [0.1, 0.15) is 0 Å². The summed E-state index contributed by atoms with van der Waals surface area (Å²) in [6.45, 7) is 5.46. The Morgan fingerprint density at radius 3 is 2.31 bits per heavy atom. The molecule has 0 aromatic heterocycles. The summed E-state index contributed by atoms with van der Waals surface area (Å²) < 4.78 is 0. The maximum atomic E-state index is 11.3. The van der Waals surface area contributed by atoms with E-state index < -0.39 is 0 Å². The number of carbonyl (C=O) groups is 1. The number of hydrogen-bond acceptors (Lipinski definition) is 2. The van der Waals surface area contributed by atoms with Crippen LogP contribution in [0.25, 0.3) is 0 Å². The van der Waals surface area contributed by atoms with E-state index >= 15 is 0 Å². The molecule has 0 radical (unpaired) electrons. The number of urea groups is 1. The van der Waals surface area contributed by atoms with Crippen molar-refractivity contribution in [3.8, 4) is 0 Å². The lowest BCUT2D eigenvalue weighted by molar-refractivity contribution is 0.206. The van der Waals surface area contributed by atoms with Gasteiger partial charge >= 0.3 is 6.03 Å². The van der Waals surface area contributed by atoms with E-state index in [0.29, 0.717) is 12.6 Å². The van der Waals surface area contributed by atoms with Crippen molar-refractivity contribution in [2.75, 3.05) is 34.2 Å². The van der Waals surface area contributed by atoms with E-state index in [1.54, 1.807) is 11.9 Å². The molecule has 13 heavy (non-hydrogen) atoms. The molecule has 0 aliphatic carbocycles. The molecule has 0 bridgehead atoms. The molecule has 4 heteroatoms. The SMILES string of the molecule is CCN(C)C(=O)NCC(C)N(C)C. The van der Waals surface area contributed by atoms with Crippen LogP contribution in [-0.2, 0) is 0 Å². The molecule has 0 aromatic carbocycles. The van der Waals surface area contributed by atoms with Gasteiger partial charge in [0.2, 0.25) is 0 Å². The van der Waals surface area contributed by atoms with Gasteiger partial charge in [-0.3, -0.25) is 0 Å². The first-order valence-corrected chi connectivity index (χ1v) is 4.64. The van der Waals surface area contributed by atoms with Crippen molar-refractivity contribution in [3.05, 3.63) is 0 Å². The van der Waals surface area contributed by atoms with Crippen molar-refractivity contribution in [2.24, 2.45) is 0 Å². The quantitative estimate of drug-likeness (QED) is 0.699. The Morgan fingerprint density at radius 2 is 1.92 bits per heavy atom. The second-order valence-electron chi connectivity index (χ2n) is 3.51. The molecule has 0 saturated carbocycles. The summed E-state index contributed by atoms with van der Waals surface area (Å²) in [4.78, 5) is 15.0. The third-order valence-corrected chi connectivity index (χ3v) is 2.25. The Bertz CT molecular complexity index is 159. The molecule has 0 aromatic rings. The Balaban J connectivity index is 3.70. The van der Waals surface area contributed by atoms with Gasteiger partial charge in [-0.05, 0) is 27.9 Å². The Kier molecular flexibility index (Phi) is 5.46. The topological polar surface area (TPSA) is 35.6 Å². The van der Waals surface area contributed by atoms with Gasteiger partial charge < -0.3 is 15.1 Å². The zero-order chi connectivity index (χ0) is 10.4. The van der Waals surface area contributed by atoms with Crippen LogP contribution in [0.3, 0.4) is 0 Å². The van der Waals surface area contributed by atoms with Crippen molar-refractivity contribution < 1.29 is 4.79 Å². The summed E-state index contributed by atoms with van der Waals surface area (Å²) in [5.41, 5.74) is 0. The highest BCUT2D eigenvalue weighted by molar-refractivity contribution is 5.73. The van der Waals surface area contributed by atoms with Gasteiger partial charge in [0.05, 0.1) is 0 Å². The summed E-state index contributed by atoms with van der Waals surface area (Å²) in [6, 6.07) is 0.366. The number of carbonyl (C=O) groups excluding carboxylic acids is 1. The van der Waals surface area contributed by atoms with Crippen LogP contribution in [0.1, 0.15) is 13.8 Å². The van der Waals surface area contributed by atoms with Gasteiger partial charge in [-0.2, -0.15) is 0 Å². The van der Waals surface area contributed by atoms with Gasteiger partial charge in [0, 0.05) is 26.2 Å². The van der Waals surface area contributed by atoms with Crippen LogP contribution in [-0.4, -0.2) is 56.1 Å². The summed E-state index contributed by atoms with van der Waals surface area (Å²) in [5, 5.41) is 2.86. The summed E-state index contributed by atoms with van der Waals surface area (Å²) in [5.74, 6) is 0. The number of likely N-dealkylation sites (N-methyl/N-ethyl adjacent to an activating group) is 1. The maximum Gasteiger partial charge on any atom is 0.317 e. The lowest BCUT2D eigenvalue weighted by Gasteiger charge is -2.22. The number of nitrogens with one attached hydrogen (secondary N) is 1. The number of nitrogens with zero attached hydrogens (tertiary/aromatic N) is 2. The van der Waals surface area contributed by atoms with Crippen molar-refractivity contribution >= 4 is 6.03 Å². The van der Waals surface area contributed by atoms with E-state index in [9.17, 15) is 4.79 Å². The van der Waals surface area contributed by atoms with E-state index in [0.717, 1.165) is 6.54 Å². The Morgan fingerprint density at radius 1 is 1.38 bits per heavy atom. The van der Waals surface area contributed by atoms with Crippen molar-refractivity contribution in [2.45, 2.75) is 19.9 Å². The van der Waals surface area contributed by atoms with Gasteiger partial charge in [0.15, 0.2) is 0 Å². The molecule has 0 aliphatic rings. The van der Waals surface area contributed by atoms with E-state index in [4.69, 9.17) is 0 Å². The predicted molar refractivity (Wildman–Crippen MR) is 54.9 cm³/mol. The monoisotopic (exact) mass is 187 g/mol. The molecule has 4 nitrogen and oxygen atoms in total. The predicted octanol–water partition coefficient (Wildman–Crippen LogP) is 0.598. The lowest BCUT2D eigenvalue weighted by atomic mass is 10.3. The Hall–Kier alpha value is -0.770. The fourth-order valence-corrected chi connectivity index (χ4v) is 0.696. The Labute approximate surface area is 80.9 Å². The van der Waals surface area contributed by atoms with Gasteiger partial charge in [0.25, 0.3) is 0 Å². The third kappa shape index (κ3) is 4.72. The number of hydrogen-bond donors (Lipinski definition) is 1. The standard InChI is InChI=1S/C9H21N3O/c1-6-12(5)9(13)10-7-8(2)11(3)4/h8H,6-7H2,1-5H3,(H,10,13). The van der Waals surface area contributed by atoms with Crippen LogP contribution in [0.4, 0.5) is 4.79 Å². The lowest BCUT2D eigenvalue weighted by Crippen LogP contribution is -2.43. The minimum absolute atomic E-state index is 0.00352. The largest absolute Gasteiger partial charge is 0.336 e.